The molecule has 0 aliphatic heterocycles. The smallest absolute Gasteiger partial charge is 0.255 e. The summed E-state index contributed by atoms with van der Waals surface area (Å²) in [5.74, 6) is -0.441. The van der Waals surface area contributed by atoms with Crippen molar-refractivity contribution < 1.29 is 4.79 Å². The number of nitrogens with two attached hydrogens (primary N) is 1. The molecule has 104 valence electrons. The molecule has 0 unspecified atom stereocenters. The van der Waals surface area contributed by atoms with Crippen molar-refractivity contribution >= 4 is 63.7 Å². The molecule has 0 spiro atoms. The summed E-state index contributed by atoms with van der Waals surface area (Å²) in [7, 11) is 0. The average Bonchev–Trinajstić information content (AvgIpc) is 2.39. The van der Waals surface area contributed by atoms with Gasteiger partial charge < -0.3 is 11.1 Å². The SMILES string of the molecule is Nc1c(Cl)cc(C(=O)Nc2c(Cl)cccc2Cl)cc1Cl. The van der Waals surface area contributed by atoms with Gasteiger partial charge in [-0.1, -0.05) is 52.5 Å². The molecule has 3 nitrogen and oxygen atoms in total. The fraction of sp³-hybridized carbons (Fsp3) is 0. The lowest BCUT2D eigenvalue weighted by molar-refractivity contribution is 0.102. The van der Waals surface area contributed by atoms with Crippen LogP contribution in [0, 0.1) is 0 Å². The predicted molar refractivity (Wildman–Crippen MR) is 85.3 cm³/mol. The summed E-state index contributed by atoms with van der Waals surface area (Å²) < 4.78 is 0. The second-order valence-electron chi connectivity index (χ2n) is 3.90. The van der Waals surface area contributed by atoms with Crippen molar-refractivity contribution in [2.24, 2.45) is 0 Å². The third kappa shape index (κ3) is 3.13. The molecule has 0 saturated heterocycles. The molecular formula is C13H8Cl4N2O. The van der Waals surface area contributed by atoms with Gasteiger partial charge in [0.05, 0.1) is 31.5 Å². The number of amides is 1. The zero-order chi connectivity index (χ0) is 14.9. The Morgan fingerprint density at radius 2 is 1.45 bits per heavy atom. The highest BCUT2D eigenvalue weighted by Crippen LogP contribution is 2.32. The van der Waals surface area contributed by atoms with Gasteiger partial charge in [0.15, 0.2) is 0 Å². The molecule has 0 atom stereocenters. The van der Waals surface area contributed by atoms with Gasteiger partial charge in [0, 0.05) is 5.56 Å². The molecule has 2 aromatic rings. The first-order valence-corrected chi connectivity index (χ1v) is 6.91. The van der Waals surface area contributed by atoms with E-state index in [-0.39, 0.29) is 21.3 Å². The summed E-state index contributed by atoms with van der Waals surface area (Å²) in [4.78, 5) is 12.1. The molecule has 0 aliphatic rings. The molecule has 0 heterocycles. The molecule has 1 amide bonds. The standard InChI is InChI=1S/C13H8Cl4N2O/c14-7-2-1-3-8(15)12(7)19-13(20)6-4-9(16)11(18)10(17)5-6/h1-5H,18H2,(H,19,20). The zero-order valence-electron chi connectivity index (χ0n) is 9.88. The van der Waals surface area contributed by atoms with Crippen molar-refractivity contribution in [2.45, 2.75) is 0 Å². The molecule has 7 heteroatoms. The van der Waals surface area contributed by atoms with Gasteiger partial charge in [0.2, 0.25) is 0 Å². The molecule has 0 radical (unpaired) electrons. The summed E-state index contributed by atoms with van der Waals surface area (Å²) >= 11 is 23.7. The topological polar surface area (TPSA) is 55.1 Å². The van der Waals surface area contributed by atoms with E-state index in [1.165, 1.54) is 12.1 Å². The third-order valence-electron chi connectivity index (χ3n) is 2.54. The first-order valence-electron chi connectivity index (χ1n) is 5.40. The summed E-state index contributed by atoms with van der Waals surface area (Å²) in [6.07, 6.45) is 0. The molecule has 0 aromatic heterocycles. The fourth-order valence-corrected chi connectivity index (χ4v) is 2.50. The maximum atomic E-state index is 12.1. The first-order chi connectivity index (χ1) is 9.40. The fourth-order valence-electron chi connectivity index (χ4n) is 1.52. The van der Waals surface area contributed by atoms with Crippen LogP contribution in [0.2, 0.25) is 20.1 Å². The van der Waals surface area contributed by atoms with Crippen LogP contribution in [-0.2, 0) is 0 Å². The molecule has 2 aromatic carbocycles. The lowest BCUT2D eigenvalue weighted by Gasteiger charge is -2.10. The van der Waals surface area contributed by atoms with Crippen LogP contribution in [0.25, 0.3) is 0 Å². The van der Waals surface area contributed by atoms with Crippen LogP contribution in [-0.4, -0.2) is 5.91 Å². The maximum absolute atomic E-state index is 12.1. The van der Waals surface area contributed by atoms with Gasteiger partial charge in [0.1, 0.15) is 0 Å². The normalized spacial score (nSPS) is 10.4. The van der Waals surface area contributed by atoms with Gasteiger partial charge in [-0.2, -0.15) is 0 Å². The van der Waals surface area contributed by atoms with E-state index in [1.54, 1.807) is 18.2 Å². The minimum atomic E-state index is -0.441. The predicted octanol–water partition coefficient (Wildman–Crippen LogP) is 5.13. The quantitative estimate of drug-likeness (QED) is 0.738. The van der Waals surface area contributed by atoms with Gasteiger partial charge >= 0.3 is 0 Å². The molecule has 20 heavy (non-hydrogen) atoms. The lowest BCUT2D eigenvalue weighted by Crippen LogP contribution is -2.13. The van der Waals surface area contributed by atoms with Crippen LogP contribution in [0.15, 0.2) is 30.3 Å². The summed E-state index contributed by atoms with van der Waals surface area (Å²) in [5.41, 5.74) is 6.42. The summed E-state index contributed by atoms with van der Waals surface area (Å²) in [6, 6.07) is 7.75. The summed E-state index contributed by atoms with van der Waals surface area (Å²) in [6.45, 7) is 0. The highest BCUT2D eigenvalue weighted by atomic mass is 35.5. The van der Waals surface area contributed by atoms with Crippen molar-refractivity contribution in [2.75, 3.05) is 11.1 Å². The minimum absolute atomic E-state index is 0.202. The molecule has 0 aliphatic carbocycles. The van der Waals surface area contributed by atoms with Crippen LogP contribution in [0.1, 0.15) is 10.4 Å². The Hall–Kier alpha value is -1.13. The molecule has 2 rings (SSSR count). The van der Waals surface area contributed by atoms with E-state index in [1.807, 2.05) is 0 Å². The largest absolute Gasteiger partial charge is 0.396 e. The van der Waals surface area contributed by atoms with Crippen molar-refractivity contribution in [3.63, 3.8) is 0 Å². The Balaban J connectivity index is 2.34. The van der Waals surface area contributed by atoms with E-state index in [0.29, 0.717) is 15.7 Å². The highest BCUT2D eigenvalue weighted by molar-refractivity contribution is 6.41. The Bertz CT molecular complexity index is 645. The minimum Gasteiger partial charge on any atom is -0.396 e. The molecule has 0 bridgehead atoms. The number of halogens is 4. The number of benzene rings is 2. The van der Waals surface area contributed by atoms with Crippen LogP contribution in [0.3, 0.4) is 0 Å². The Kier molecular flexibility index (Phi) is 4.66. The Morgan fingerprint density at radius 1 is 0.950 bits per heavy atom. The number of rotatable bonds is 2. The second kappa shape index (κ2) is 6.10. The monoisotopic (exact) mass is 348 g/mol. The number of hydrogen-bond acceptors (Lipinski definition) is 2. The highest BCUT2D eigenvalue weighted by Gasteiger charge is 2.14. The molecule has 0 saturated carbocycles. The van der Waals surface area contributed by atoms with Crippen LogP contribution >= 0.6 is 46.4 Å². The first kappa shape index (κ1) is 15.3. The molecular weight excluding hydrogens is 342 g/mol. The van der Waals surface area contributed by atoms with Crippen molar-refractivity contribution in [3.8, 4) is 0 Å². The van der Waals surface area contributed by atoms with Crippen molar-refractivity contribution in [3.05, 3.63) is 56.0 Å². The maximum Gasteiger partial charge on any atom is 0.255 e. The third-order valence-corrected chi connectivity index (χ3v) is 3.80. The van der Waals surface area contributed by atoms with E-state index in [0.717, 1.165) is 0 Å². The number of hydrogen-bond donors (Lipinski definition) is 2. The van der Waals surface area contributed by atoms with Gasteiger partial charge in [-0.15, -0.1) is 0 Å². The second-order valence-corrected chi connectivity index (χ2v) is 5.53. The van der Waals surface area contributed by atoms with Crippen LogP contribution in [0.5, 0.6) is 0 Å². The number of carbonyl (C=O) groups is 1. The molecule has 0 fully saturated rings. The number of anilines is 2. The zero-order valence-corrected chi connectivity index (χ0v) is 12.9. The number of carbonyl (C=O) groups excluding carboxylic acids is 1. The van der Waals surface area contributed by atoms with E-state index in [9.17, 15) is 4.79 Å². The van der Waals surface area contributed by atoms with Gasteiger partial charge in [-0.3, -0.25) is 4.79 Å². The Morgan fingerprint density at radius 3 is 1.95 bits per heavy atom. The number of nitrogens with one attached hydrogen (secondary N) is 1. The summed E-state index contributed by atoms with van der Waals surface area (Å²) in [5, 5.41) is 3.68. The van der Waals surface area contributed by atoms with Crippen LogP contribution in [0.4, 0.5) is 11.4 Å². The van der Waals surface area contributed by atoms with Gasteiger partial charge in [-0.25, -0.2) is 0 Å². The van der Waals surface area contributed by atoms with E-state index in [4.69, 9.17) is 52.1 Å². The van der Waals surface area contributed by atoms with E-state index >= 15 is 0 Å². The Labute approximate surface area is 135 Å². The number of nitrogen functional groups attached to an aromatic ring is 1. The van der Waals surface area contributed by atoms with Gasteiger partial charge in [-0.05, 0) is 24.3 Å². The number of para-hydroxylation sites is 1. The van der Waals surface area contributed by atoms with Crippen LogP contribution < -0.4 is 11.1 Å². The van der Waals surface area contributed by atoms with Crippen molar-refractivity contribution in [1.29, 1.82) is 0 Å². The van der Waals surface area contributed by atoms with Crippen molar-refractivity contribution in [1.82, 2.24) is 0 Å². The van der Waals surface area contributed by atoms with E-state index in [2.05, 4.69) is 5.32 Å². The van der Waals surface area contributed by atoms with E-state index < -0.39 is 5.91 Å². The van der Waals surface area contributed by atoms with Gasteiger partial charge in [0.25, 0.3) is 5.91 Å². The molecule has 3 N–H and O–H groups in total. The average molecular weight is 350 g/mol. The lowest BCUT2D eigenvalue weighted by atomic mass is 10.2.